The Morgan fingerprint density at radius 3 is 2.50 bits per heavy atom. The number of methoxy groups -OCH3 is 1. The molecule has 0 spiro atoms. The van der Waals surface area contributed by atoms with E-state index in [9.17, 15) is 21.6 Å². The van der Waals surface area contributed by atoms with E-state index < -0.39 is 25.8 Å². The molecule has 10 heteroatoms. The highest BCUT2D eigenvalue weighted by Crippen LogP contribution is 2.23. The van der Waals surface area contributed by atoms with Crippen LogP contribution in [0, 0.1) is 5.92 Å². The van der Waals surface area contributed by atoms with Crippen LogP contribution in [0.15, 0.2) is 23.1 Å². The van der Waals surface area contributed by atoms with Crippen molar-refractivity contribution in [2.75, 3.05) is 25.2 Å². The number of carboxylic acids is 1. The summed E-state index contributed by atoms with van der Waals surface area (Å²) in [5.41, 5.74) is -0.246. The minimum Gasteiger partial charge on any atom is -0.496 e. The van der Waals surface area contributed by atoms with Crippen molar-refractivity contribution in [3.05, 3.63) is 23.8 Å². The van der Waals surface area contributed by atoms with Crippen molar-refractivity contribution in [3.63, 3.8) is 0 Å². The van der Waals surface area contributed by atoms with E-state index in [0.717, 1.165) is 6.07 Å². The molecule has 0 aliphatic carbocycles. The van der Waals surface area contributed by atoms with Crippen molar-refractivity contribution in [2.24, 2.45) is 5.92 Å². The van der Waals surface area contributed by atoms with Crippen molar-refractivity contribution in [1.82, 2.24) is 4.72 Å². The van der Waals surface area contributed by atoms with E-state index in [-0.39, 0.29) is 40.2 Å². The van der Waals surface area contributed by atoms with Crippen molar-refractivity contribution < 1.29 is 31.5 Å². The van der Waals surface area contributed by atoms with Gasteiger partial charge in [0.2, 0.25) is 10.0 Å². The Morgan fingerprint density at radius 1 is 1.33 bits per heavy atom. The molecule has 0 radical (unpaired) electrons. The predicted octanol–water partition coefficient (Wildman–Crippen LogP) is 0.496. The fourth-order valence-corrected chi connectivity index (χ4v) is 5.21. The number of hydrogen-bond donors (Lipinski definition) is 2. The Balaban J connectivity index is 2.10. The molecule has 1 heterocycles. The smallest absolute Gasteiger partial charge is 0.339 e. The average Bonchev–Trinajstić information content (AvgIpc) is 2.53. The lowest BCUT2D eigenvalue weighted by Crippen LogP contribution is -2.34. The molecule has 0 saturated carbocycles. The first kappa shape index (κ1) is 18.7. The number of sulfonamides is 1. The van der Waals surface area contributed by atoms with Crippen LogP contribution in [0.1, 0.15) is 23.2 Å². The summed E-state index contributed by atoms with van der Waals surface area (Å²) in [7, 11) is -5.59. The van der Waals surface area contributed by atoms with Crippen LogP contribution < -0.4 is 9.46 Å². The number of sulfone groups is 1. The quantitative estimate of drug-likeness (QED) is 0.739. The highest BCUT2D eigenvalue weighted by Gasteiger charge is 2.26. The Kier molecular flexibility index (Phi) is 5.51. The number of benzene rings is 1. The zero-order valence-corrected chi connectivity index (χ0v) is 14.7. The third-order valence-corrected chi connectivity index (χ3v) is 7.08. The van der Waals surface area contributed by atoms with E-state index in [2.05, 4.69) is 4.72 Å². The number of hydrogen-bond acceptors (Lipinski definition) is 6. The zero-order valence-electron chi connectivity index (χ0n) is 13.1. The number of nitrogens with one attached hydrogen (secondary N) is 1. The largest absolute Gasteiger partial charge is 0.496 e. The number of carbonyl (C=O) groups is 1. The van der Waals surface area contributed by atoms with Gasteiger partial charge in [-0.15, -0.1) is 0 Å². The molecule has 0 atom stereocenters. The Hall–Kier alpha value is -1.65. The van der Waals surface area contributed by atoms with Crippen LogP contribution in [0.2, 0.25) is 0 Å². The van der Waals surface area contributed by atoms with Gasteiger partial charge < -0.3 is 9.84 Å². The summed E-state index contributed by atoms with van der Waals surface area (Å²) in [5, 5.41) is 9.12. The van der Waals surface area contributed by atoms with Gasteiger partial charge in [0.1, 0.15) is 21.2 Å². The van der Waals surface area contributed by atoms with Crippen LogP contribution >= 0.6 is 0 Å². The molecule has 24 heavy (non-hydrogen) atoms. The van der Waals surface area contributed by atoms with Gasteiger partial charge in [-0.1, -0.05) is 0 Å². The van der Waals surface area contributed by atoms with Crippen LogP contribution in [0.3, 0.4) is 0 Å². The van der Waals surface area contributed by atoms with Gasteiger partial charge >= 0.3 is 5.97 Å². The van der Waals surface area contributed by atoms with Gasteiger partial charge in [0.05, 0.1) is 23.5 Å². The second-order valence-electron chi connectivity index (χ2n) is 5.61. The summed E-state index contributed by atoms with van der Waals surface area (Å²) in [6.07, 6.45) is 0.821. The molecule has 2 rings (SSSR count). The van der Waals surface area contributed by atoms with E-state index >= 15 is 0 Å². The van der Waals surface area contributed by atoms with E-state index in [0.29, 0.717) is 12.8 Å². The number of rotatable bonds is 6. The van der Waals surface area contributed by atoms with E-state index in [1.807, 2.05) is 0 Å². The van der Waals surface area contributed by atoms with Gasteiger partial charge in [-0.05, 0) is 37.0 Å². The van der Waals surface area contributed by atoms with Crippen LogP contribution in [0.25, 0.3) is 0 Å². The molecule has 0 unspecified atom stereocenters. The average molecular weight is 377 g/mol. The molecule has 1 aromatic carbocycles. The second-order valence-corrected chi connectivity index (χ2v) is 9.68. The Labute approximate surface area is 140 Å². The molecule has 0 bridgehead atoms. The van der Waals surface area contributed by atoms with Crippen LogP contribution in [0.5, 0.6) is 5.75 Å². The fourth-order valence-electron chi connectivity index (χ4n) is 2.48. The van der Waals surface area contributed by atoms with E-state index in [4.69, 9.17) is 9.84 Å². The topological polar surface area (TPSA) is 127 Å². The maximum absolute atomic E-state index is 12.3. The summed E-state index contributed by atoms with van der Waals surface area (Å²) < 4.78 is 54.7. The molecule has 8 nitrogen and oxygen atoms in total. The summed E-state index contributed by atoms with van der Waals surface area (Å²) in [6.45, 7) is 0.117. The zero-order chi connectivity index (χ0) is 18.0. The van der Waals surface area contributed by atoms with Crippen molar-refractivity contribution in [3.8, 4) is 5.75 Å². The third-order valence-electron chi connectivity index (χ3n) is 3.95. The normalized spacial score (nSPS) is 18.2. The van der Waals surface area contributed by atoms with Gasteiger partial charge in [-0.2, -0.15) is 0 Å². The van der Waals surface area contributed by atoms with Crippen LogP contribution in [0.4, 0.5) is 0 Å². The Morgan fingerprint density at radius 2 is 1.96 bits per heavy atom. The van der Waals surface area contributed by atoms with Crippen molar-refractivity contribution in [1.29, 1.82) is 0 Å². The van der Waals surface area contributed by atoms with Crippen LogP contribution in [-0.2, 0) is 19.9 Å². The molecular weight excluding hydrogens is 358 g/mol. The van der Waals surface area contributed by atoms with Gasteiger partial charge in [-0.3, -0.25) is 0 Å². The molecule has 0 aromatic heterocycles. The van der Waals surface area contributed by atoms with Crippen molar-refractivity contribution >= 4 is 25.8 Å². The molecule has 2 N–H and O–H groups in total. The lowest BCUT2D eigenvalue weighted by molar-refractivity contribution is 0.0693. The maximum Gasteiger partial charge on any atom is 0.339 e. The highest BCUT2D eigenvalue weighted by molar-refractivity contribution is 7.91. The molecule has 1 aromatic rings. The molecular formula is C14H19NO7S2. The fraction of sp³-hybridized carbons (Fsp3) is 0.500. The predicted molar refractivity (Wildman–Crippen MR) is 86.5 cm³/mol. The van der Waals surface area contributed by atoms with E-state index in [1.165, 1.54) is 19.2 Å². The van der Waals surface area contributed by atoms with Gasteiger partial charge in [-0.25, -0.2) is 26.4 Å². The first-order valence-corrected chi connectivity index (χ1v) is 10.6. The highest BCUT2D eigenvalue weighted by atomic mass is 32.2. The first-order valence-electron chi connectivity index (χ1n) is 7.26. The SMILES string of the molecule is COc1ccc(S(=O)(=O)NCC2CCS(=O)(=O)CC2)cc1C(=O)O. The maximum atomic E-state index is 12.3. The summed E-state index contributed by atoms with van der Waals surface area (Å²) >= 11 is 0. The molecule has 1 fully saturated rings. The standard InChI is InChI=1S/C14H19NO7S2/c1-22-13-3-2-11(8-12(13)14(16)17)24(20,21)15-9-10-4-6-23(18,19)7-5-10/h2-3,8,10,15H,4-7,9H2,1H3,(H,16,17). The molecule has 0 amide bonds. The minimum atomic E-state index is -3.89. The van der Waals surface area contributed by atoms with E-state index in [1.54, 1.807) is 0 Å². The monoisotopic (exact) mass is 377 g/mol. The Bertz CT molecular complexity index is 817. The van der Waals surface area contributed by atoms with Gasteiger partial charge in [0, 0.05) is 6.54 Å². The number of ether oxygens (including phenoxy) is 1. The summed E-state index contributed by atoms with van der Waals surface area (Å²) in [5.74, 6) is -1.16. The van der Waals surface area contributed by atoms with Gasteiger partial charge in [0.15, 0.2) is 0 Å². The summed E-state index contributed by atoms with van der Waals surface area (Å²) in [4.78, 5) is 11.0. The number of carboxylic acid groups (broad SMARTS) is 1. The molecule has 1 saturated heterocycles. The lowest BCUT2D eigenvalue weighted by Gasteiger charge is -2.22. The molecule has 1 aliphatic rings. The van der Waals surface area contributed by atoms with Crippen LogP contribution in [-0.4, -0.2) is 53.1 Å². The third kappa shape index (κ3) is 4.46. The molecule has 1 aliphatic heterocycles. The lowest BCUT2D eigenvalue weighted by atomic mass is 10.0. The second kappa shape index (κ2) is 7.08. The van der Waals surface area contributed by atoms with Gasteiger partial charge in [0.25, 0.3) is 0 Å². The number of aromatic carboxylic acids is 1. The van der Waals surface area contributed by atoms with Crippen molar-refractivity contribution in [2.45, 2.75) is 17.7 Å². The first-order chi connectivity index (χ1) is 11.1. The molecule has 134 valence electrons. The summed E-state index contributed by atoms with van der Waals surface area (Å²) in [6, 6.07) is 3.58. The minimum absolute atomic E-state index is 0.0551.